The van der Waals surface area contributed by atoms with Crippen molar-refractivity contribution in [2.45, 2.75) is 50.7 Å². The maximum Gasteiger partial charge on any atom is 0.230 e. The lowest BCUT2D eigenvalue weighted by Gasteiger charge is -2.14. The third-order valence-corrected chi connectivity index (χ3v) is 5.50. The average Bonchev–Trinajstić information content (AvgIpc) is 3.18. The number of carbonyl (C=O) groups is 1. The van der Waals surface area contributed by atoms with E-state index in [0.717, 1.165) is 29.9 Å². The number of unbranched alkanes of at least 4 members (excludes halogenated alkanes) is 2. The van der Waals surface area contributed by atoms with Crippen LogP contribution in [0.25, 0.3) is 17.1 Å². The van der Waals surface area contributed by atoms with Gasteiger partial charge in [0.15, 0.2) is 11.0 Å². The van der Waals surface area contributed by atoms with Crippen molar-refractivity contribution in [2.24, 2.45) is 0 Å². The van der Waals surface area contributed by atoms with Gasteiger partial charge in [-0.05, 0) is 37.6 Å². The van der Waals surface area contributed by atoms with Crippen LogP contribution >= 0.6 is 11.8 Å². The fraction of sp³-hybridized carbons (Fsp3) is 0.364. The van der Waals surface area contributed by atoms with E-state index in [9.17, 15) is 4.79 Å². The minimum absolute atomic E-state index is 0.0204. The molecule has 0 radical (unpaired) electrons. The number of carbonyl (C=O) groups excluding carboxylic acids is 1. The summed E-state index contributed by atoms with van der Waals surface area (Å²) in [5.74, 6) is 1.06. The quantitative estimate of drug-likeness (QED) is 0.394. The molecule has 0 aliphatic rings. The number of nitrogens with zero attached hydrogens (tertiary/aromatic N) is 4. The van der Waals surface area contributed by atoms with Gasteiger partial charge in [-0.1, -0.05) is 56.1 Å². The van der Waals surface area contributed by atoms with E-state index in [1.807, 2.05) is 47.0 Å². The molecule has 152 valence electrons. The summed E-state index contributed by atoms with van der Waals surface area (Å²) in [4.78, 5) is 16.5. The van der Waals surface area contributed by atoms with Gasteiger partial charge in [0.25, 0.3) is 0 Å². The summed E-state index contributed by atoms with van der Waals surface area (Å²) >= 11 is 1.40. The number of amides is 1. The van der Waals surface area contributed by atoms with Crippen LogP contribution in [0.1, 0.15) is 39.5 Å². The van der Waals surface area contributed by atoms with Crippen molar-refractivity contribution in [1.29, 1.82) is 0 Å². The van der Waals surface area contributed by atoms with Crippen LogP contribution in [0.15, 0.2) is 60.0 Å². The molecule has 2 aromatic heterocycles. The summed E-state index contributed by atoms with van der Waals surface area (Å²) in [5.41, 5.74) is 1.89. The van der Waals surface area contributed by atoms with Gasteiger partial charge >= 0.3 is 0 Å². The van der Waals surface area contributed by atoms with Crippen molar-refractivity contribution < 1.29 is 4.79 Å². The van der Waals surface area contributed by atoms with Crippen LogP contribution in [0.4, 0.5) is 0 Å². The second-order valence-corrected chi connectivity index (χ2v) is 7.91. The summed E-state index contributed by atoms with van der Waals surface area (Å²) in [6.45, 7) is 4.25. The zero-order chi connectivity index (χ0) is 20.5. The second-order valence-electron chi connectivity index (χ2n) is 6.97. The lowest BCUT2D eigenvalue weighted by Crippen LogP contribution is -2.33. The van der Waals surface area contributed by atoms with Crippen LogP contribution < -0.4 is 5.32 Å². The van der Waals surface area contributed by atoms with E-state index in [4.69, 9.17) is 0 Å². The average molecular weight is 410 g/mol. The summed E-state index contributed by atoms with van der Waals surface area (Å²) < 4.78 is 1.98. The number of nitrogens with one attached hydrogen (secondary N) is 1. The van der Waals surface area contributed by atoms with Crippen molar-refractivity contribution in [3.8, 4) is 17.1 Å². The van der Waals surface area contributed by atoms with Gasteiger partial charge in [0, 0.05) is 29.7 Å². The van der Waals surface area contributed by atoms with Crippen molar-refractivity contribution >= 4 is 17.7 Å². The van der Waals surface area contributed by atoms with Crippen LogP contribution in [0.3, 0.4) is 0 Å². The minimum Gasteiger partial charge on any atom is -0.353 e. The lowest BCUT2D eigenvalue weighted by atomic mass is 10.1. The molecule has 1 N–H and O–H groups in total. The molecule has 0 aliphatic carbocycles. The number of thioether (sulfide) groups is 1. The van der Waals surface area contributed by atoms with E-state index in [-0.39, 0.29) is 11.9 Å². The maximum absolute atomic E-state index is 12.4. The number of rotatable bonds is 10. The van der Waals surface area contributed by atoms with Gasteiger partial charge in [0.05, 0.1) is 5.75 Å². The third-order valence-electron chi connectivity index (χ3n) is 4.57. The van der Waals surface area contributed by atoms with Crippen LogP contribution in [0.2, 0.25) is 0 Å². The SMILES string of the molecule is CCCCC[C@@H](C)NC(=O)CSc1nnc(-c2ccncc2)n1-c1ccccc1. The monoisotopic (exact) mass is 409 g/mol. The Balaban J connectivity index is 1.73. The number of para-hydroxylation sites is 1. The van der Waals surface area contributed by atoms with Crippen molar-refractivity contribution in [3.05, 3.63) is 54.9 Å². The Kier molecular flexibility index (Phi) is 7.81. The molecular formula is C22H27N5OS. The second kappa shape index (κ2) is 10.8. The Bertz CT molecular complexity index is 898. The standard InChI is InChI=1S/C22H27N5OS/c1-3-4-6-9-17(2)24-20(28)16-29-22-26-25-21(18-12-14-23-15-13-18)27(22)19-10-7-5-8-11-19/h5,7-8,10-15,17H,3-4,6,9,16H2,1-2H3,(H,24,28)/t17-/m1/s1. The summed E-state index contributed by atoms with van der Waals surface area (Å²) in [5, 5.41) is 12.5. The van der Waals surface area contributed by atoms with E-state index in [1.54, 1.807) is 12.4 Å². The van der Waals surface area contributed by atoms with Gasteiger partial charge in [-0.15, -0.1) is 10.2 Å². The molecule has 1 atom stereocenters. The fourth-order valence-corrected chi connectivity index (χ4v) is 3.84. The minimum atomic E-state index is 0.0204. The molecule has 0 saturated heterocycles. The van der Waals surface area contributed by atoms with Gasteiger partial charge < -0.3 is 5.32 Å². The topological polar surface area (TPSA) is 72.7 Å². The highest BCUT2D eigenvalue weighted by atomic mass is 32.2. The number of hydrogen-bond acceptors (Lipinski definition) is 5. The third kappa shape index (κ3) is 5.90. The Morgan fingerprint density at radius 2 is 1.86 bits per heavy atom. The van der Waals surface area contributed by atoms with Gasteiger partial charge in [0.2, 0.25) is 5.91 Å². The van der Waals surface area contributed by atoms with Gasteiger partial charge in [-0.3, -0.25) is 14.3 Å². The first kappa shape index (κ1) is 21.0. The number of benzene rings is 1. The molecule has 1 aromatic carbocycles. The zero-order valence-corrected chi connectivity index (χ0v) is 17.7. The molecule has 2 heterocycles. The largest absolute Gasteiger partial charge is 0.353 e. The highest BCUT2D eigenvalue weighted by Crippen LogP contribution is 2.27. The fourth-order valence-electron chi connectivity index (χ4n) is 3.08. The smallest absolute Gasteiger partial charge is 0.230 e. The summed E-state index contributed by atoms with van der Waals surface area (Å²) in [6.07, 6.45) is 8.01. The van der Waals surface area contributed by atoms with Crippen LogP contribution in [-0.2, 0) is 4.79 Å². The molecule has 3 aromatic rings. The Hall–Kier alpha value is -2.67. The normalized spacial score (nSPS) is 11.9. The van der Waals surface area contributed by atoms with Gasteiger partial charge in [0.1, 0.15) is 0 Å². The molecular weight excluding hydrogens is 382 g/mol. The Labute approximate surface area is 176 Å². The van der Waals surface area contributed by atoms with Gasteiger partial charge in [-0.2, -0.15) is 0 Å². The van der Waals surface area contributed by atoms with Crippen LogP contribution in [-0.4, -0.2) is 37.5 Å². The van der Waals surface area contributed by atoms with Crippen LogP contribution in [0.5, 0.6) is 0 Å². The predicted octanol–water partition coefficient (Wildman–Crippen LogP) is 4.51. The van der Waals surface area contributed by atoms with Crippen LogP contribution in [0, 0.1) is 0 Å². The molecule has 6 nitrogen and oxygen atoms in total. The van der Waals surface area contributed by atoms with Crippen molar-refractivity contribution in [3.63, 3.8) is 0 Å². The van der Waals surface area contributed by atoms with E-state index >= 15 is 0 Å². The number of hydrogen-bond donors (Lipinski definition) is 1. The Morgan fingerprint density at radius 1 is 1.10 bits per heavy atom. The molecule has 1 amide bonds. The Morgan fingerprint density at radius 3 is 2.59 bits per heavy atom. The first-order valence-corrected chi connectivity index (χ1v) is 11.0. The maximum atomic E-state index is 12.4. The van der Waals surface area contributed by atoms with E-state index < -0.39 is 0 Å². The predicted molar refractivity (Wildman–Crippen MR) is 117 cm³/mol. The molecule has 0 saturated carbocycles. The van der Waals surface area contributed by atoms with E-state index in [0.29, 0.717) is 10.9 Å². The first-order chi connectivity index (χ1) is 14.2. The summed E-state index contributed by atoms with van der Waals surface area (Å²) in [7, 11) is 0. The lowest BCUT2D eigenvalue weighted by molar-refractivity contribution is -0.119. The molecule has 0 fully saturated rings. The molecule has 0 aliphatic heterocycles. The molecule has 29 heavy (non-hydrogen) atoms. The van der Waals surface area contributed by atoms with Gasteiger partial charge in [-0.25, -0.2) is 0 Å². The molecule has 0 bridgehead atoms. The summed E-state index contributed by atoms with van der Waals surface area (Å²) in [6, 6.07) is 13.9. The molecule has 0 spiro atoms. The van der Waals surface area contributed by atoms with E-state index in [1.165, 1.54) is 24.6 Å². The molecule has 0 unspecified atom stereocenters. The molecule has 7 heteroatoms. The first-order valence-electron chi connectivity index (χ1n) is 10.0. The highest BCUT2D eigenvalue weighted by molar-refractivity contribution is 7.99. The zero-order valence-electron chi connectivity index (χ0n) is 16.9. The van der Waals surface area contributed by atoms with Crippen molar-refractivity contribution in [2.75, 3.05) is 5.75 Å². The van der Waals surface area contributed by atoms with Crippen molar-refractivity contribution in [1.82, 2.24) is 25.1 Å². The molecule has 3 rings (SSSR count). The number of aromatic nitrogens is 4. The highest BCUT2D eigenvalue weighted by Gasteiger charge is 2.17. The number of pyridine rings is 1. The van der Waals surface area contributed by atoms with E-state index in [2.05, 4.69) is 34.3 Å².